The number of hydrogen-bond acceptors (Lipinski definition) is 2. The zero-order valence-corrected chi connectivity index (χ0v) is 8.38. The first kappa shape index (κ1) is 11.5. The van der Waals surface area contributed by atoms with Gasteiger partial charge in [-0.3, -0.25) is 4.79 Å². The van der Waals surface area contributed by atoms with Crippen LogP contribution in [-0.2, 0) is 9.53 Å². The highest BCUT2D eigenvalue weighted by Crippen LogP contribution is 2.21. The molecule has 0 aliphatic rings. The second-order valence-corrected chi connectivity index (χ2v) is 3.31. The standard InChI is InChI=1S/C10H20O2/c1-4-10(5-2)9(3)6-7-12-8-11/h8-10H,4-7H2,1-3H3. The first-order valence-corrected chi connectivity index (χ1v) is 4.81. The summed E-state index contributed by atoms with van der Waals surface area (Å²) in [5.74, 6) is 1.44. The van der Waals surface area contributed by atoms with E-state index in [0.717, 1.165) is 12.3 Å². The predicted octanol–water partition coefficient (Wildman–Crippen LogP) is 2.62. The molecule has 1 atom stereocenters. The molecule has 0 saturated carbocycles. The Balaban J connectivity index is 3.53. The van der Waals surface area contributed by atoms with Crippen molar-refractivity contribution in [3.63, 3.8) is 0 Å². The number of hydrogen-bond donors (Lipinski definition) is 0. The third-order valence-corrected chi connectivity index (χ3v) is 2.61. The van der Waals surface area contributed by atoms with Gasteiger partial charge in [0.25, 0.3) is 6.47 Å². The molecule has 0 bridgehead atoms. The lowest BCUT2D eigenvalue weighted by Gasteiger charge is -2.20. The van der Waals surface area contributed by atoms with Crippen molar-refractivity contribution in [3.05, 3.63) is 0 Å². The molecule has 72 valence electrons. The fourth-order valence-electron chi connectivity index (χ4n) is 1.63. The zero-order chi connectivity index (χ0) is 9.40. The summed E-state index contributed by atoms with van der Waals surface area (Å²) in [6.45, 7) is 7.75. The van der Waals surface area contributed by atoms with Crippen molar-refractivity contribution in [1.29, 1.82) is 0 Å². The van der Waals surface area contributed by atoms with Gasteiger partial charge in [-0.25, -0.2) is 0 Å². The SMILES string of the molecule is CCC(CC)C(C)CCOC=O. The van der Waals surface area contributed by atoms with Crippen LogP contribution in [0.1, 0.15) is 40.0 Å². The highest BCUT2D eigenvalue weighted by atomic mass is 16.5. The maximum absolute atomic E-state index is 9.87. The maximum atomic E-state index is 9.87. The van der Waals surface area contributed by atoms with Gasteiger partial charge in [0.2, 0.25) is 0 Å². The van der Waals surface area contributed by atoms with Crippen LogP contribution in [0.25, 0.3) is 0 Å². The van der Waals surface area contributed by atoms with E-state index in [1.54, 1.807) is 0 Å². The fourth-order valence-corrected chi connectivity index (χ4v) is 1.63. The molecule has 0 N–H and O–H groups in total. The smallest absolute Gasteiger partial charge is 0.293 e. The topological polar surface area (TPSA) is 26.3 Å². The van der Waals surface area contributed by atoms with E-state index in [4.69, 9.17) is 0 Å². The minimum atomic E-state index is 0.527. The van der Waals surface area contributed by atoms with Crippen LogP contribution in [0.2, 0.25) is 0 Å². The number of rotatable bonds is 7. The van der Waals surface area contributed by atoms with Crippen LogP contribution in [0.4, 0.5) is 0 Å². The molecule has 2 heteroatoms. The van der Waals surface area contributed by atoms with Crippen molar-refractivity contribution in [1.82, 2.24) is 0 Å². The van der Waals surface area contributed by atoms with E-state index >= 15 is 0 Å². The maximum Gasteiger partial charge on any atom is 0.293 e. The molecule has 0 rings (SSSR count). The molecule has 0 aromatic carbocycles. The first-order chi connectivity index (χ1) is 5.76. The van der Waals surface area contributed by atoms with Gasteiger partial charge in [0.05, 0.1) is 6.61 Å². The molecule has 0 amide bonds. The molecular weight excluding hydrogens is 152 g/mol. The Bertz CT molecular complexity index is 108. The number of ether oxygens (including phenoxy) is 1. The van der Waals surface area contributed by atoms with E-state index in [1.807, 2.05) is 0 Å². The molecule has 1 unspecified atom stereocenters. The van der Waals surface area contributed by atoms with Crippen molar-refractivity contribution in [2.45, 2.75) is 40.0 Å². The van der Waals surface area contributed by atoms with E-state index in [2.05, 4.69) is 25.5 Å². The van der Waals surface area contributed by atoms with Gasteiger partial charge in [0.1, 0.15) is 0 Å². The van der Waals surface area contributed by atoms with Gasteiger partial charge in [-0.2, -0.15) is 0 Å². The van der Waals surface area contributed by atoms with Gasteiger partial charge in [0, 0.05) is 0 Å². The third kappa shape index (κ3) is 4.37. The Kier molecular flexibility index (Phi) is 6.82. The summed E-state index contributed by atoms with van der Waals surface area (Å²) in [7, 11) is 0. The Morgan fingerprint density at radius 1 is 1.33 bits per heavy atom. The Morgan fingerprint density at radius 3 is 2.33 bits per heavy atom. The zero-order valence-electron chi connectivity index (χ0n) is 8.38. The molecule has 0 saturated heterocycles. The van der Waals surface area contributed by atoms with E-state index in [0.29, 0.717) is 19.0 Å². The summed E-state index contributed by atoms with van der Waals surface area (Å²) in [6, 6.07) is 0. The Morgan fingerprint density at radius 2 is 1.92 bits per heavy atom. The molecule has 0 fully saturated rings. The summed E-state index contributed by atoms with van der Waals surface area (Å²) in [5.41, 5.74) is 0. The van der Waals surface area contributed by atoms with Gasteiger partial charge in [-0.15, -0.1) is 0 Å². The summed E-state index contributed by atoms with van der Waals surface area (Å²) < 4.78 is 4.66. The van der Waals surface area contributed by atoms with Gasteiger partial charge >= 0.3 is 0 Å². The normalized spacial score (nSPS) is 13.0. The number of carbonyl (C=O) groups excluding carboxylic acids is 1. The van der Waals surface area contributed by atoms with Crippen molar-refractivity contribution >= 4 is 6.47 Å². The van der Waals surface area contributed by atoms with Crippen molar-refractivity contribution in [2.75, 3.05) is 6.61 Å². The van der Waals surface area contributed by atoms with Crippen molar-refractivity contribution < 1.29 is 9.53 Å². The predicted molar refractivity (Wildman–Crippen MR) is 49.9 cm³/mol. The van der Waals surface area contributed by atoms with Crippen LogP contribution in [-0.4, -0.2) is 13.1 Å². The quantitative estimate of drug-likeness (QED) is 0.436. The summed E-state index contributed by atoms with van der Waals surface area (Å²) in [5, 5.41) is 0. The van der Waals surface area contributed by atoms with Crippen LogP contribution in [0.3, 0.4) is 0 Å². The van der Waals surface area contributed by atoms with E-state index in [-0.39, 0.29) is 0 Å². The highest BCUT2D eigenvalue weighted by molar-refractivity contribution is 5.36. The average Bonchev–Trinajstić information content (AvgIpc) is 2.07. The molecule has 2 nitrogen and oxygen atoms in total. The second-order valence-electron chi connectivity index (χ2n) is 3.31. The van der Waals surface area contributed by atoms with Crippen molar-refractivity contribution in [3.8, 4) is 0 Å². The molecule has 0 aliphatic carbocycles. The van der Waals surface area contributed by atoms with E-state index < -0.39 is 0 Å². The Hall–Kier alpha value is -0.530. The summed E-state index contributed by atoms with van der Waals surface area (Å²) >= 11 is 0. The van der Waals surface area contributed by atoms with Crippen LogP contribution in [0.5, 0.6) is 0 Å². The van der Waals surface area contributed by atoms with Crippen LogP contribution >= 0.6 is 0 Å². The highest BCUT2D eigenvalue weighted by Gasteiger charge is 2.12. The molecular formula is C10H20O2. The van der Waals surface area contributed by atoms with Crippen molar-refractivity contribution in [2.24, 2.45) is 11.8 Å². The molecule has 0 heterocycles. The molecule has 0 radical (unpaired) electrons. The molecule has 0 aromatic heterocycles. The Labute approximate surface area is 75.3 Å². The van der Waals surface area contributed by atoms with Gasteiger partial charge < -0.3 is 4.74 Å². The molecule has 12 heavy (non-hydrogen) atoms. The van der Waals surface area contributed by atoms with Crippen LogP contribution < -0.4 is 0 Å². The minimum Gasteiger partial charge on any atom is -0.468 e. The van der Waals surface area contributed by atoms with Crippen LogP contribution in [0, 0.1) is 11.8 Å². The summed E-state index contributed by atoms with van der Waals surface area (Å²) in [6.07, 6.45) is 3.43. The third-order valence-electron chi connectivity index (χ3n) is 2.61. The van der Waals surface area contributed by atoms with E-state index in [9.17, 15) is 4.79 Å². The molecule has 0 aliphatic heterocycles. The lowest BCUT2D eigenvalue weighted by Crippen LogP contribution is -2.12. The van der Waals surface area contributed by atoms with Gasteiger partial charge in [-0.1, -0.05) is 33.6 Å². The molecule has 0 aromatic rings. The lowest BCUT2D eigenvalue weighted by atomic mass is 9.87. The first-order valence-electron chi connectivity index (χ1n) is 4.81. The monoisotopic (exact) mass is 172 g/mol. The van der Waals surface area contributed by atoms with Crippen LogP contribution in [0.15, 0.2) is 0 Å². The molecule has 0 spiro atoms. The fraction of sp³-hybridized carbons (Fsp3) is 0.900. The largest absolute Gasteiger partial charge is 0.468 e. The van der Waals surface area contributed by atoms with Gasteiger partial charge in [-0.05, 0) is 18.3 Å². The minimum absolute atomic E-state index is 0.527. The average molecular weight is 172 g/mol. The summed E-state index contributed by atoms with van der Waals surface area (Å²) in [4.78, 5) is 9.87. The van der Waals surface area contributed by atoms with E-state index in [1.165, 1.54) is 12.8 Å². The second kappa shape index (κ2) is 7.14. The number of carbonyl (C=O) groups is 1. The lowest BCUT2D eigenvalue weighted by molar-refractivity contribution is -0.129. The van der Waals surface area contributed by atoms with Gasteiger partial charge in [0.15, 0.2) is 0 Å².